The van der Waals surface area contributed by atoms with E-state index < -0.39 is 0 Å². The van der Waals surface area contributed by atoms with Crippen LogP contribution in [-0.2, 0) is 6.54 Å². The van der Waals surface area contributed by atoms with Gasteiger partial charge in [0.15, 0.2) is 0 Å². The summed E-state index contributed by atoms with van der Waals surface area (Å²) >= 11 is 1.75. The maximum atomic E-state index is 4.36. The van der Waals surface area contributed by atoms with Gasteiger partial charge >= 0.3 is 0 Å². The molecule has 2 rings (SSSR count). The van der Waals surface area contributed by atoms with Crippen molar-refractivity contribution in [3.63, 3.8) is 0 Å². The Labute approximate surface area is 93.6 Å². The number of thiazole rings is 1. The predicted molar refractivity (Wildman–Crippen MR) is 62.9 cm³/mol. The maximum absolute atomic E-state index is 4.36. The second-order valence-electron chi connectivity index (χ2n) is 3.61. The summed E-state index contributed by atoms with van der Waals surface area (Å²) in [6.07, 6.45) is 3.86. The molecule has 0 aliphatic carbocycles. The van der Waals surface area contributed by atoms with E-state index in [1.807, 2.05) is 18.5 Å². The second-order valence-corrected chi connectivity index (χ2v) is 4.87. The zero-order valence-electron chi connectivity index (χ0n) is 8.95. The van der Waals surface area contributed by atoms with Crippen molar-refractivity contribution in [2.75, 3.05) is 0 Å². The molecule has 0 bridgehead atoms. The third-order valence-corrected chi connectivity index (χ3v) is 3.37. The predicted octanol–water partition coefficient (Wildman–Crippen LogP) is 2.63. The van der Waals surface area contributed by atoms with E-state index in [0.29, 0.717) is 6.04 Å². The van der Waals surface area contributed by atoms with Crippen LogP contribution in [0.3, 0.4) is 0 Å². The van der Waals surface area contributed by atoms with Crippen LogP contribution >= 0.6 is 11.3 Å². The fraction of sp³-hybridized carbons (Fsp3) is 0.364. The van der Waals surface area contributed by atoms with Crippen molar-refractivity contribution in [2.24, 2.45) is 0 Å². The fourth-order valence-electron chi connectivity index (χ4n) is 1.40. The normalized spacial score (nSPS) is 12.9. The van der Waals surface area contributed by atoms with Gasteiger partial charge in [-0.3, -0.25) is 0 Å². The summed E-state index contributed by atoms with van der Waals surface area (Å²) in [5.41, 5.74) is 1.20. The van der Waals surface area contributed by atoms with Gasteiger partial charge in [-0.25, -0.2) is 4.98 Å². The summed E-state index contributed by atoms with van der Waals surface area (Å²) in [6.45, 7) is 5.08. The van der Waals surface area contributed by atoms with Crippen LogP contribution in [0.5, 0.6) is 0 Å². The minimum absolute atomic E-state index is 0.312. The molecule has 2 N–H and O–H groups in total. The summed E-state index contributed by atoms with van der Waals surface area (Å²) in [6, 6.07) is 4.40. The minimum atomic E-state index is 0.312. The van der Waals surface area contributed by atoms with E-state index in [1.165, 1.54) is 10.6 Å². The molecule has 2 aromatic rings. The first-order valence-electron chi connectivity index (χ1n) is 5.03. The van der Waals surface area contributed by atoms with Gasteiger partial charge in [0.1, 0.15) is 5.01 Å². The molecular weight excluding hydrogens is 206 g/mol. The van der Waals surface area contributed by atoms with Crippen LogP contribution in [0, 0.1) is 6.92 Å². The fourth-order valence-corrected chi connectivity index (χ4v) is 2.20. The number of aromatic nitrogens is 2. The molecule has 0 spiro atoms. The zero-order chi connectivity index (χ0) is 10.7. The number of rotatable bonds is 4. The van der Waals surface area contributed by atoms with Crippen LogP contribution in [0.1, 0.15) is 28.5 Å². The van der Waals surface area contributed by atoms with Gasteiger partial charge in [0.05, 0.1) is 6.04 Å². The molecule has 1 atom stereocenters. The largest absolute Gasteiger partial charge is 0.364 e. The highest BCUT2D eigenvalue weighted by Gasteiger charge is 2.08. The van der Waals surface area contributed by atoms with Gasteiger partial charge in [0.25, 0.3) is 0 Å². The Morgan fingerprint density at radius 3 is 3.07 bits per heavy atom. The van der Waals surface area contributed by atoms with Gasteiger partial charge in [0.2, 0.25) is 0 Å². The molecule has 2 aromatic heterocycles. The van der Waals surface area contributed by atoms with Crippen molar-refractivity contribution in [1.29, 1.82) is 0 Å². The highest BCUT2D eigenvalue weighted by Crippen LogP contribution is 2.19. The molecule has 0 saturated carbocycles. The average Bonchev–Trinajstić information content (AvgIpc) is 2.84. The van der Waals surface area contributed by atoms with Crippen molar-refractivity contribution in [3.05, 3.63) is 40.1 Å². The van der Waals surface area contributed by atoms with Crippen LogP contribution in [0.25, 0.3) is 0 Å². The van der Waals surface area contributed by atoms with Crippen molar-refractivity contribution in [1.82, 2.24) is 15.3 Å². The molecule has 15 heavy (non-hydrogen) atoms. The van der Waals surface area contributed by atoms with E-state index in [9.17, 15) is 0 Å². The lowest BCUT2D eigenvalue weighted by Crippen LogP contribution is -2.17. The Morgan fingerprint density at radius 1 is 1.60 bits per heavy atom. The van der Waals surface area contributed by atoms with Crippen LogP contribution in [-0.4, -0.2) is 9.97 Å². The Morgan fingerprint density at radius 2 is 2.47 bits per heavy atom. The third-order valence-electron chi connectivity index (χ3n) is 2.27. The molecule has 4 heteroatoms. The molecule has 0 fully saturated rings. The summed E-state index contributed by atoms with van der Waals surface area (Å²) in [7, 11) is 0. The number of nitrogens with zero attached hydrogens (tertiary/aromatic N) is 1. The van der Waals surface area contributed by atoms with Crippen LogP contribution in [0.4, 0.5) is 0 Å². The minimum Gasteiger partial charge on any atom is -0.364 e. The zero-order valence-corrected chi connectivity index (χ0v) is 9.77. The summed E-state index contributed by atoms with van der Waals surface area (Å²) in [5, 5.41) is 4.58. The summed E-state index contributed by atoms with van der Waals surface area (Å²) in [5.74, 6) is 0. The lowest BCUT2D eigenvalue weighted by atomic mass is 10.3. The number of hydrogen-bond donors (Lipinski definition) is 2. The molecule has 3 nitrogen and oxygen atoms in total. The second kappa shape index (κ2) is 4.59. The number of nitrogens with one attached hydrogen (secondary N) is 2. The Bertz CT molecular complexity index is 405. The maximum Gasteiger partial charge on any atom is 0.109 e. The van der Waals surface area contributed by atoms with E-state index in [2.05, 4.69) is 35.2 Å². The van der Waals surface area contributed by atoms with Crippen LogP contribution in [0.15, 0.2) is 24.5 Å². The molecule has 0 aliphatic heterocycles. The van der Waals surface area contributed by atoms with Gasteiger partial charge in [-0.05, 0) is 26.0 Å². The van der Waals surface area contributed by atoms with Gasteiger partial charge in [-0.1, -0.05) is 0 Å². The molecule has 0 aliphatic rings. The first-order chi connectivity index (χ1) is 7.25. The monoisotopic (exact) mass is 221 g/mol. The SMILES string of the molecule is Cc1cnc(C(C)NCc2ccc[nH]2)s1. The molecule has 0 aromatic carbocycles. The van der Waals surface area contributed by atoms with E-state index in [4.69, 9.17) is 0 Å². The number of aromatic amines is 1. The van der Waals surface area contributed by atoms with E-state index in [0.717, 1.165) is 11.6 Å². The van der Waals surface area contributed by atoms with Crippen LogP contribution < -0.4 is 5.32 Å². The number of aryl methyl sites for hydroxylation is 1. The quantitative estimate of drug-likeness (QED) is 0.833. The first-order valence-corrected chi connectivity index (χ1v) is 5.85. The highest BCUT2D eigenvalue weighted by molar-refractivity contribution is 7.11. The molecular formula is C11H15N3S. The Kier molecular flexibility index (Phi) is 3.18. The van der Waals surface area contributed by atoms with Gasteiger partial charge in [-0.15, -0.1) is 11.3 Å². The van der Waals surface area contributed by atoms with Crippen molar-refractivity contribution < 1.29 is 0 Å². The molecule has 2 heterocycles. The average molecular weight is 221 g/mol. The molecule has 1 unspecified atom stereocenters. The van der Waals surface area contributed by atoms with Gasteiger partial charge in [-0.2, -0.15) is 0 Å². The smallest absolute Gasteiger partial charge is 0.109 e. The van der Waals surface area contributed by atoms with Crippen molar-refractivity contribution in [3.8, 4) is 0 Å². The van der Waals surface area contributed by atoms with Crippen molar-refractivity contribution >= 4 is 11.3 Å². The number of hydrogen-bond acceptors (Lipinski definition) is 3. The van der Waals surface area contributed by atoms with E-state index in [-0.39, 0.29) is 0 Å². The molecule has 0 radical (unpaired) electrons. The topological polar surface area (TPSA) is 40.7 Å². The lowest BCUT2D eigenvalue weighted by Gasteiger charge is -2.09. The molecule has 0 saturated heterocycles. The third kappa shape index (κ3) is 2.67. The first kappa shape index (κ1) is 10.4. The lowest BCUT2D eigenvalue weighted by molar-refractivity contribution is 0.566. The summed E-state index contributed by atoms with van der Waals surface area (Å²) in [4.78, 5) is 8.79. The molecule has 0 amide bonds. The number of H-pyrrole nitrogens is 1. The molecule has 80 valence electrons. The van der Waals surface area contributed by atoms with Crippen molar-refractivity contribution in [2.45, 2.75) is 26.4 Å². The van der Waals surface area contributed by atoms with E-state index >= 15 is 0 Å². The van der Waals surface area contributed by atoms with Gasteiger partial charge < -0.3 is 10.3 Å². The Balaban J connectivity index is 1.90. The Hall–Kier alpha value is -1.13. The highest BCUT2D eigenvalue weighted by atomic mass is 32.1. The summed E-state index contributed by atoms with van der Waals surface area (Å²) < 4.78 is 0. The van der Waals surface area contributed by atoms with E-state index in [1.54, 1.807) is 11.3 Å². The van der Waals surface area contributed by atoms with Gasteiger partial charge in [0, 0.05) is 29.5 Å². The standard InChI is InChI=1S/C11H15N3S/c1-8-6-14-11(15-8)9(2)13-7-10-4-3-5-12-10/h3-6,9,12-13H,7H2,1-2H3. The van der Waals surface area contributed by atoms with Crippen LogP contribution in [0.2, 0.25) is 0 Å².